The summed E-state index contributed by atoms with van der Waals surface area (Å²) in [6.07, 6.45) is 2.28. The molecule has 0 aromatic heterocycles. The molecule has 24 heavy (non-hydrogen) atoms. The minimum atomic E-state index is -0.201. The van der Waals surface area contributed by atoms with Crippen LogP contribution in [0.5, 0.6) is 0 Å². The van der Waals surface area contributed by atoms with E-state index in [-0.39, 0.29) is 11.9 Å². The topological polar surface area (TPSA) is 54.1 Å². The minimum Gasteiger partial charge on any atom is -0.379 e. The van der Waals surface area contributed by atoms with Crippen molar-refractivity contribution in [2.45, 2.75) is 32.8 Å². The Morgan fingerprint density at radius 2 is 1.83 bits per heavy atom. The van der Waals surface area contributed by atoms with E-state index in [0.29, 0.717) is 5.96 Å². The smallest absolute Gasteiger partial charge is 0.191 e. The second-order valence-electron chi connectivity index (χ2n) is 6.32. The summed E-state index contributed by atoms with van der Waals surface area (Å²) in [6, 6.07) is 6.64. The molecule has 6 heteroatoms. The van der Waals surface area contributed by atoms with E-state index in [1.165, 1.54) is 12.1 Å². The van der Waals surface area contributed by atoms with Crippen LogP contribution in [-0.2, 0) is 4.74 Å². The Balaban J connectivity index is 1.69. The first kappa shape index (κ1) is 18.5. The number of anilines is 1. The van der Waals surface area contributed by atoms with E-state index in [1.54, 1.807) is 0 Å². The van der Waals surface area contributed by atoms with E-state index < -0.39 is 0 Å². The van der Waals surface area contributed by atoms with Gasteiger partial charge in [-0.25, -0.2) is 4.39 Å². The number of guanidine groups is 1. The third-order valence-electron chi connectivity index (χ3n) is 4.07. The Morgan fingerprint density at radius 1 is 1.17 bits per heavy atom. The Kier molecular flexibility index (Phi) is 7.31. The van der Waals surface area contributed by atoms with Crippen molar-refractivity contribution >= 4 is 11.6 Å². The summed E-state index contributed by atoms with van der Waals surface area (Å²) >= 11 is 0. The molecule has 1 fully saturated rings. The number of benzene rings is 1. The molecule has 1 aromatic rings. The van der Waals surface area contributed by atoms with Crippen molar-refractivity contribution in [2.24, 2.45) is 10.7 Å². The molecule has 2 rings (SSSR count). The van der Waals surface area contributed by atoms with E-state index >= 15 is 0 Å². The number of halogens is 1. The molecule has 0 saturated carbocycles. The van der Waals surface area contributed by atoms with Crippen LogP contribution < -0.4 is 10.6 Å². The van der Waals surface area contributed by atoms with Crippen LogP contribution in [0, 0.1) is 5.82 Å². The molecule has 0 unspecified atom stereocenters. The van der Waals surface area contributed by atoms with E-state index in [9.17, 15) is 4.39 Å². The van der Waals surface area contributed by atoms with E-state index in [1.807, 2.05) is 26.0 Å². The van der Waals surface area contributed by atoms with Crippen LogP contribution >= 0.6 is 0 Å². The van der Waals surface area contributed by atoms with Gasteiger partial charge in [0.05, 0.1) is 6.10 Å². The van der Waals surface area contributed by atoms with Gasteiger partial charge in [0, 0.05) is 45.0 Å². The largest absolute Gasteiger partial charge is 0.379 e. The lowest BCUT2D eigenvalue weighted by atomic mass is 10.2. The maximum Gasteiger partial charge on any atom is 0.191 e. The zero-order valence-electron chi connectivity index (χ0n) is 14.7. The fourth-order valence-corrected chi connectivity index (χ4v) is 2.67. The molecule has 0 bridgehead atoms. The maximum atomic E-state index is 13.0. The van der Waals surface area contributed by atoms with Gasteiger partial charge in [0.2, 0.25) is 0 Å². The van der Waals surface area contributed by atoms with Gasteiger partial charge in [-0.3, -0.25) is 4.99 Å². The molecule has 1 heterocycles. The summed E-state index contributed by atoms with van der Waals surface area (Å²) in [7, 11) is 0. The second-order valence-corrected chi connectivity index (χ2v) is 6.32. The van der Waals surface area contributed by atoms with Gasteiger partial charge in [0.25, 0.3) is 0 Å². The SMILES string of the molecule is CC(C)OCCCCN=C(N)N1CCN(c2ccc(F)cc2)CC1. The molecule has 0 aliphatic carbocycles. The first-order valence-corrected chi connectivity index (χ1v) is 8.73. The van der Waals surface area contributed by atoms with Crippen LogP contribution in [0.2, 0.25) is 0 Å². The normalized spacial score (nSPS) is 16.1. The Labute approximate surface area is 144 Å². The van der Waals surface area contributed by atoms with E-state index in [4.69, 9.17) is 10.5 Å². The van der Waals surface area contributed by atoms with Crippen LogP contribution in [0.4, 0.5) is 10.1 Å². The van der Waals surface area contributed by atoms with Crippen LogP contribution in [0.25, 0.3) is 0 Å². The van der Waals surface area contributed by atoms with Gasteiger partial charge in [-0.1, -0.05) is 0 Å². The highest BCUT2D eigenvalue weighted by Gasteiger charge is 2.18. The molecule has 0 spiro atoms. The zero-order valence-corrected chi connectivity index (χ0v) is 14.7. The molecule has 134 valence electrons. The molecular formula is C18H29FN4O. The average Bonchev–Trinajstić information content (AvgIpc) is 2.58. The van der Waals surface area contributed by atoms with Gasteiger partial charge < -0.3 is 20.3 Å². The molecule has 1 aliphatic rings. The summed E-state index contributed by atoms with van der Waals surface area (Å²) in [5.41, 5.74) is 7.14. The first-order chi connectivity index (χ1) is 11.6. The fraction of sp³-hybridized carbons (Fsp3) is 0.611. The quantitative estimate of drug-likeness (QED) is 0.472. The highest BCUT2D eigenvalue weighted by molar-refractivity contribution is 5.78. The van der Waals surface area contributed by atoms with Gasteiger partial charge in [-0.05, 0) is 51.0 Å². The van der Waals surface area contributed by atoms with Crippen molar-refractivity contribution in [1.82, 2.24) is 4.90 Å². The van der Waals surface area contributed by atoms with Crippen molar-refractivity contribution in [3.05, 3.63) is 30.1 Å². The van der Waals surface area contributed by atoms with E-state index in [0.717, 1.165) is 57.9 Å². The van der Waals surface area contributed by atoms with Crippen LogP contribution in [-0.4, -0.2) is 56.3 Å². The Morgan fingerprint density at radius 3 is 2.46 bits per heavy atom. The number of unbranched alkanes of at least 4 members (excludes halogenated alkanes) is 1. The summed E-state index contributed by atoms with van der Waals surface area (Å²) in [5.74, 6) is 0.422. The predicted molar refractivity (Wildman–Crippen MR) is 97.0 cm³/mol. The molecule has 0 radical (unpaired) electrons. The van der Waals surface area contributed by atoms with Crippen LogP contribution in [0.3, 0.4) is 0 Å². The molecule has 1 aromatic carbocycles. The molecule has 0 atom stereocenters. The second kappa shape index (κ2) is 9.47. The molecule has 5 nitrogen and oxygen atoms in total. The van der Waals surface area contributed by atoms with Gasteiger partial charge >= 0.3 is 0 Å². The van der Waals surface area contributed by atoms with Gasteiger partial charge in [0.15, 0.2) is 5.96 Å². The molecule has 0 amide bonds. The predicted octanol–water partition coefficient (Wildman–Crippen LogP) is 2.47. The monoisotopic (exact) mass is 336 g/mol. The molecule has 2 N–H and O–H groups in total. The third-order valence-corrected chi connectivity index (χ3v) is 4.07. The lowest BCUT2D eigenvalue weighted by molar-refractivity contribution is 0.0763. The summed E-state index contributed by atoms with van der Waals surface area (Å²) in [4.78, 5) is 8.83. The number of nitrogens with two attached hydrogens (primary N) is 1. The van der Waals surface area contributed by atoms with Crippen molar-refractivity contribution in [1.29, 1.82) is 0 Å². The van der Waals surface area contributed by atoms with Crippen molar-refractivity contribution in [2.75, 3.05) is 44.2 Å². The van der Waals surface area contributed by atoms with Gasteiger partial charge in [-0.2, -0.15) is 0 Å². The molecular weight excluding hydrogens is 307 g/mol. The number of nitrogens with zero attached hydrogens (tertiary/aromatic N) is 3. The van der Waals surface area contributed by atoms with E-state index in [2.05, 4.69) is 14.8 Å². The number of aliphatic imine (C=N–C) groups is 1. The number of piperazine rings is 1. The molecule has 1 saturated heterocycles. The van der Waals surface area contributed by atoms with Crippen molar-refractivity contribution in [3.8, 4) is 0 Å². The molecule has 1 aliphatic heterocycles. The summed E-state index contributed by atoms with van der Waals surface area (Å²) in [6.45, 7) is 9.01. The maximum absolute atomic E-state index is 13.0. The lowest BCUT2D eigenvalue weighted by Crippen LogP contribution is -2.51. The zero-order chi connectivity index (χ0) is 17.4. The standard InChI is InChI=1S/C18H29FN4O/c1-15(2)24-14-4-3-9-21-18(20)23-12-10-22(11-13-23)17-7-5-16(19)6-8-17/h5-8,15H,3-4,9-14H2,1-2H3,(H2,20,21). The summed E-state index contributed by atoms with van der Waals surface area (Å²) in [5, 5.41) is 0. The van der Waals surface area contributed by atoms with Gasteiger partial charge in [-0.15, -0.1) is 0 Å². The number of rotatable bonds is 7. The van der Waals surface area contributed by atoms with Crippen molar-refractivity contribution in [3.63, 3.8) is 0 Å². The Hall–Kier alpha value is -1.82. The Bertz CT molecular complexity index is 510. The minimum absolute atomic E-state index is 0.201. The lowest BCUT2D eigenvalue weighted by Gasteiger charge is -2.36. The van der Waals surface area contributed by atoms with Crippen molar-refractivity contribution < 1.29 is 9.13 Å². The third kappa shape index (κ3) is 6.00. The number of hydrogen-bond acceptors (Lipinski definition) is 3. The highest BCUT2D eigenvalue weighted by Crippen LogP contribution is 2.16. The van der Waals surface area contributed by atoms with Crippen LogP contribution in [0.15, 0.2) is 29.3 Å². The number of ether oxygens (including phenoxy) is 1. The summed E-state index contributed by atoms with van der Waals surface area (Å²) < 4.78 is 18.5. The first-order valence-electron chi connectivity index (χ1n) is 8.73. The average molecular weight is 336 g/mol. The number of hydrogen-bond donors (Lipinski definition) is 1. The van der Waals surface area contributed by atoms with Gasteiger partial charge in [0.1, 0.15) is 5.82 Å². The van der Waals surface area contributed by atoms with Crippen LogP contribution in [0.1, 0.15) is 26.7 Å². The fourth-order valence-electron chi connectivity index (χ4n) is 2.67. The highest BCUT2D eigenvalue weighted by atomic mass is 19.1.